The van der Waals surface area contributed by atoms with Gasteiger partial charge in [0.1, 0.15) is 17.8 Å². The van der Waals surface area contributed by atoms with Crippen LogP contribution in [0.15, 0.2) is 29.9 Å². The number of aliphatic hydroxyl groups excluding tert-OH is 1. The van der Waals surface area contributed by atoms with E-state index in [0.29, 0.717) is 12.4 Å². The second-order valence-electron chi connectivity index (χ2n) is 3.12. The van der Waals surface area contributed by atoms with E-state index in [4.69, 9.17) is 9.84 Å². The third-order valence-corrected chi connectivity index (χ3v) is 1.91. The summed E-state index contributed by atoms with van der Waals surface area (Å²) >= 11 is 0. The van der Waals surface area contributed by atoms with Crippen LogP contribution in [-0.4, -0.2) is 29.9 Å². The van der Waals surface area contributed by atoms with Crippen molar-refractivity contribution in [2.45, 2.75) is 6.92 Å². The standard InChI is InChI=1S/C11H16N2O2/c1-9(2)13-5-4-10(15-7-6-14)8-11(13)12-3/h4-5,8,14H,1,6-7H2,2-3H3. The van der Waals surface area contributed by atoms with Gasteiger partial charge in [-0.25, -0.2) is 0 Å². The van der Waals surface area contributed by atoms with Crippen LogP contribution in [0.5, 0.6) is 5.75 Å². The Morgan fingerprint density at radius 2 is 2.40 bits per heavy atom. The summed E-state index contributed by atoms with van der Waals surface area (Å²) in [6.45, 7) is 6.05. The number of hydrogen-bond acceptors (Lipinski definition) is 3. The highest BCUT2D eigenvalue weighted by atomic mass is 16.5. The van der Waals surface area contributed by atoms with Crippen molar-refractivity contribution in [1.82, 2.24) is 4.57 Å². The molecule has 15 heavy (non-hydrogen) atoms. The van der Waals surface area contributed by atoms with E-state index >= 15 is 0 Å². The Kier molecular flexibility index (Phi) is 4.12. The van der Waals surface area contributed by atoms with Crippen molar-refractivity contribution >= 4 is 5.70 Å². The monoisotopic (exact) mass is 208 g/mol. The number of pyridine rings is 1. The second-order valence-corrected chi connectivity index (χ2v) is 3.12. The van der Waals surface area contributed by atoms with Crippen molar-refractivity contribution in [3.8, 4) is 5.75 Å². The number of aliphatic hydroxyl groups is 1. The molecule has 82 valence electrons. The molecule has 0 atom stereocenters. The van der Waals surface area contributed by atoms with Gasteiger partial charge in [-0.3, -0.25) is 4.99 Å². The normalized spacial score (nSPS) is 11.5. The molecule has 0 amide bonds. The molecule has 1 aromatic rings. The summed E-state index contributed by atoms with van der Waals surface area (Å²) in [6.07, 6.45) is 1.84. The van der Waals surface area contributed by atoms with Crippen LogP contribution in [-0.2, 0) is 0 Å². The highest BCUT2D eigenvalue weighted by molar-refractivity contribution is 5.38. The first kappa shape index (κ1) is 11.5. The highest BCUT2D eigenvalue weighted by Crippen LogP contribution is 2.07. The minimum Gasteiger partial charge on any atom is -0.491 e. The summed E-state index contributed by atoms with van der Waals surface area (Å²) in [6, 6.07) is 3.63. The first-order valence-corrected chi connectivity index (χ1v) is 4.74. The van der Waals surface area contributed by atoms with Gasteiger partial charge in [0.25, 0.3) is 0 Å². The molecule has 0 unspecified atom stereocenters. The zero-order chi connectivity index (χ0) is 11.3. The molecule has 0 aliphatic rings. The maximum absolute atomic E-state index is 8.63. The van der Waals surface area contributed by atoms with Crippen LogP contribution in [0.3, 0.4) is 0 Å². The molecule has 0 bridgehead atoms. The predicted octanol–water partition coefficient (Wildman–Crippen LogP) is 0.880. The van der Waals surface area contributed by atoms with Gasteiger partial charge in [0.2, 0.25) is 0 Å². The van der Waals surface area contributed by atoms with Crippen LogP contribution in [0.2, 0.25) is 0 Å². The van der Waals surface area contributed by atoms with Crippen molar-refractivity contribution in [2.75, 3.05) is 20.3 Å². The largest absolute Gasteiger partial charge is 0.491 e. The molecule has 0 radical (unpaired) electrons. The molecule has 0 saturated carbocycles. The molecule has 0 saturated heterocycles. The number of ether oxygens (including phenoxy) is 1. The number of hydrogen-bond donors (Lipinski definition) is 1. The van der Waals surface area contributed by atoms with Crippen LogP contribution >= 0.6 is 0 Å². The van der Waals surface area contributed by atoms with Crippen LogP contribution in [0, 0.1) is 0 Å². The van der Waals surface area contributed by atoms with Gasteiger partial charge in [0, 0.05) is 25.0 Å². The SMILES string of the molecule is C=C(C)n1ccc(OCCO)cc1=NC. The molecule has 0 aromatic carbocycles. The summed E-state index contributed by atoms with van der Waals surface area (Å²) in [7, 11) is 1.71. The quantitative estimate of drug-likeness (QED) is 0.798. The Bertz CT molecular complexity index is 407. The molecule has 1 heterocycles. The number of rotatable bonds is 4. The molecule has 0 fully saturated rings. The topological polar surface area (TPSA) is 46.8 Å². The van der Waals surface area contributed by atoms with Gasteiger partial charge in [-0.15, -0.1) is 0 Å². The predicted molar refractivity (Wildman–Crippen MR) is 59.5 cm³/mol. The first-order chi connectivity index (χ1) is 7.19. The van der Waals surface area contributed by atoms with Gasteiger partial charge >= 0.3 is 0 Å². The lowest BCUT2D eigenvalue weighted by atomic mass is 10.4. The van der Waals surface area contributed by atoms with E-state index in [9.17, 15) is 0 Å². The zero-order valence-corrected chi connectivity index (χ0v) is 9.10. The van der Waals surface area contributed by atoms with E-state index in [2.05, 4.69) is 11.6 Å². The van der Waals surface area contributed by atoms with Crippen molar-refractivity contribution in [3.63, 3.8) is 0 Å². The van der Waals surface area contributed by atoms with Crippen LogP contribution < -0.4 is 10.2 Å². The molecule has 0 aliphatic carbocycles. The first-order valence-electron chi connectivity index (χ1n) is 4.74. The lowest BCUT2D eigenvalue weighted by Gasteiger charge is -2.09. The Hall–Kier alpha value is -1.55. The minimum atomic E-state index is 0.00792. The highest BCUT2D eigenvalue weighted by Gasteiger charge is 1.97. The molecular weight excluding hydrogens is 192 g/mol. The summed E-state index contributed by atoms with van der Waals surface area (Å²) in [5, 5.41) is 8.63. The van der Waals surface area contributed by atoms with Crippen molar-refractivity contribution in [1.29, 1.82) is 0 Å². The van der Waals surface area contributed by atoms with Crippen molar-refractivity contribution in [3.05, 3.63) is 30.4 Å². The van der Waals surface area contributed by atoms with Gasteiger partial charge in [-0.05, 0) is 13.0 Å². The minimum absolute atomic E-state index is 0.00792. The summed E-state index contributed by atoms with van der Waals surface area (Å²) < 4.78 is 7.15. The number of nitrogens with zero attached hydrogens (tertiary/aromatic N) is 2. The van der Waals surface area contributed by atoms with Gasteiger partial charge in [-0.1, -0.05) is 6.58 Å². The fourth-order valence-corrected chi connectivity index (χ4v) is 1.22. The Morgan fingerprint density at radius 3 is 2.93 bits per heavy atom. The summed E-state index contributed by atoms with van der Waals surface area (Å²) in [5.41, 5.74) is 1.67. The van der Waals surface area contributed by atoms with Crippen LogP contribution in [0.1, 0.15) is 6.92 Å². The average molecular weight is 208 g/mol. The second kappa shape index (κ2) is 5.36. The smallest absolute Gasteiger partial charge is 0.135 e. The fraction of sp³-hybridized carbons (Fsp3) is 0.364. The third kappa shape index (κ3) is 2.95. The van der Waals surface area contributed by atoms with E-state index in [0.717, 1.165) is 11.2 Å². The average Bonchev–Trinajstić information content (AvgIpc) is 2.25. The van der Waals surface area contributed by atoms with E-state index in [1.165, 1.54) is 0 Å². The molecule has 1 N–H and O–H groups in total. The van der Waals surface area contributed by atoms with E-state index in [-0.39, 0.29) is 6.61 Å². The molecule has 4 heteroatoms. The van der Waals surface area contributed by atoms with Gasteiger partial charge < -0.3 is 14.4 Å². The van der Waals surface area contributed by atoms with Crippen LogP contribution in [0.4, 0.5) is 0 Å². The number of allylic oxidation sites excluding steroid dienone is 1. The lowest BCUT2D eigenvalue weighted by molar-refractivity contribution is 0.201. The molecule has 1 rings (SSSR count). The van der Waals surface area contributed by atoms with Crippen LogP contribution in [0.25, 0.3) is 5.70 Å². The Labute approximate surface area is 89.2 Å². The fourth-order valence-electron chi connectivity index (χ4n) is 1.22. The molecule has 1 aromatic heterocycles. The zero-order valence-electron chi connectivity index (χ0n) is 9.10. The Balaban J connectivity index is 3.04. The summed E-state index contributed by atoms with van der Waals surface area (Å²) in [4.78, 5) is 4.12. The maximum Gasteiger partial charge on any atom is 0.135 e. The van der Waals surface area contributed by atoms with E-state index in [1.807, 2.05) is 29.8 Å². The van der Waals surface area contributed by atoms with E-state index < -0.39 is 0 Å². The van der Waals surface area contributed by atoms with E-state index in [1.54, 1.807) is 7.05 Å². The molecule has 4 nitrogen and oxygen atoms in total. The van der Waals surface area contributed by atoms with Gasteiger partial charge in [-0.2, -0.15) is 0 Å². The molecular formula is C11H16N2O2. The van der Waals surface area contributed by atoms with Gasteiger partial charge in [0.05, 0.1) is 6.61 Å². The van der Waals surface area contributed by atoms with Crippen molar-refractivity contribution in [2.24, 2.45) is 4.99 Å². The molecule has 0 spiro atoms. The summed E-state index contributed by atoms with van der Waals surface area (Å²) in [5.74, 6) is 0.696. The molecule has 0 aliphatic heterocycles. The third-order valence-electron chi connectivity index (χ3n) is 1.91. The Morgan fingerprint density at radius 1 is 1.67 bits per heavy atom. The van der Waals surface area contributed by atoms with Crippen molar-refractivity contribution < 1.29 is 9.84 Å². The number of aromatic nitrogens is 1. The maximum atomic E-state index is 8.63. The van der Waals surface area contributed by atoms with Gasteiger partial charge in [0.15, 0.2) is 0 Å². The lowest BCUT2D eigenvalue weighted by Crippen LogP contribution is -2.18.